The highest BCUT2D eigenvalue weighted by atomic mass is 32.1. The van der Waals surface area contributed by atoms with Crippen LogP contribution in [0.2, 0.25) is 0 Å². The first-order valence-corrected chi connectivity index (χ1v) is 45.0. The Morgan fingerprint density at radius 1 is 0.242 bits per heavy atom. The van der Waals surface area contributed by atoms with Crippen LogP contribution in [0.3, 0.4) is 0 Å². The van der Waals surface area contributed by atoms with E-state index in [0.29, 0.717) is 157 Å². The molecule has 16 nitrogen and oxygen atoms in total. The maximum Gasteiger partial charge on any atom is 0.262 e. The minimum atomic E-state index is -0.454. The molecule has 0 radical (unpaired) electrons. The van der Waals surface area contributed by atoms with Gasteiger partial charge in [0.05, 0.1) is 22.8 Å². The molecule has 0 saturated carbocycles. The number of anilines is 4. The van der Waals surface area contributed by atoms with Gasteiger partial charge in [0.25, 0.3) is 23.6 Å². The Labute approximate surface area is 718 Å². The Balaban J connectivity index is 0.781. The van der Waals surface area contributed by atoms with Crippen LogP contribution < -0.4 is 40.2 Å². The molecule has 10 aliphatic rings. The predicted molar refractivity (Wildman–Crippen MR) is 496 cm³/mol. The Bertz CT molecular complexity index is 6340. The van der Waals surface area contributed by atoms with Crippen molar-refractivity contribution in [3.05, 3.63) is 287 Å². The summed E-state index contributed by atoms with van der Waals surface area (Å²) < 4.78 is 27.5. The molecule has 582 valence electrons. The Morgan fingerprint density at radius 3 is 0.708 bits per heavy atom. The number of H-pyrrole nitrogens is 2. The molecule has 0 atom stereocenters. The molecule has 120 heavy (non-hydrogen) atoms. The number of nitrogens with one attached hydrogen (secondary N) is 6. The van der Waals surface area contributed by atoms with Crippen molar-refractivity contribution < 1.29 is 38.1 Å². The van der Waals surface area contributed by atoms with E-state index in [-0.39, 0.29) is 0 Å². The van der Waals surface area contributed by atoms with Crippen molar-refractivity contribution in [2.24, 2.45) is 0 Å². The minimum Gasteiger partial charge on any atom is -0.483 e. The monoisotopic (exact) mass is 1710 g/mol. The zero-order chi connectivity index (χ0) is 80.3. The topological polar surface area (TPSA) is 211 Å². The maximum absolute atomic E-state index is 15.3. The molecule has 6 N–H and O–H groups in total. The van der Waals surface area contributed by atoms with E-state index in [1.54, 1.807) is 90.7 Å². The highest BCUT2D eigenvalue weighted by molar-refractivity contribution is 7.25. The Kier molecular flexibility index (Phi) is 19.7. The van der Waals surface area contributed by atoms with Crippen molar-refractivity contribution in [1.82, 2.24) is 19.9 Å². The van der Waals surface area contributed by atoms with Gasteiger partial charge in [0.2, 0.25) is 0 Å². The average molecular weight is 1710 g/mol. The number of aromatic nitrogens is 4. The lowest BCUT2D eigenvalue weighted by Gasteiger charge is -2.18. The van der Waals surface area contributed by atoms with Crippen LogP contribution in [0.15, 0.2) is 264 Å². The second-order valence-electron chi connectivity index (χ2n) is 28.3. The molecule has 0 unspecified atom stereocenters. The molecule has 0 fully saturated rings. The fraction of sp³-hybridized carbons (Fsp3) is 0.0417. The number of benzene rings is 6. The summed E-state index contributed by atoms with van der Waals surface area (Å²) in [4.78, 5) is 92.3. The van der Waals surface area contributed by atoms with Crippen LogP contribution in [0.5, 0.6) is 23.0 Å². The van der Waals surface area contributed by atoms with Gasteiger partial charge < -0.3 is 50.2 Å². The normalized spacial score (nSPS) is 13.4. The van der Waals surface area contributed by atoms with Crippen LogP contribution in [0.4, 0.5) is 22.7 Å². The summed E-state index contributed by atoms with van der Waals surface area (Å²) in [5, 5.41) is 21.3. The molecule has 0 spiro atoms. The summed E-state index contributed by atoms with van der Waals surface area (Å²) in [6.07, 6.45) is 7.84. The maximum atomic E-state index is 15.3. The summed E-state index contributed by atoms with van der Waals surface area (Å²) in [6.45, 7) is -1.68. The zero-order valence-corrected chi connectivity index (χ0v) is 69.5. The number of hydrogen-bond donors (Lipinski definition) is 6. The first kappa shape index (κ1) is 74.2. The molecule has 4 amide bonds. The van der Waals surface area contributed by atoms with Crippen LogP contribution in [0, 0.1) is 0 Å². The Hall–Kier alpha value is -13.4. The van der Waals surface area contributed by atoms with Gasteiger partial charge in [-0.1, -0.05) is 97.1 Å². The fourth-order valence-corrected chi connectivity index (χ4v) is 22.8. The van der Waals surface area contributed by atoms with Gasteiger partial charge in [0.15, 0.2) is 26.4 Å². The van der Waals surface area contributed by atoms with Gasteiger partial charge in [-0.3, -0.25) is 19.2 Å². The van der Waals surface area contributed by atoms with E-state index in [1.165, 1.54) is 0 Å². The number of ether oxygens (including phenoxy) is 4. The van der Waals surface area contributed by atoms with Gasteiger partial charge in [-0.25, -0.2) is 9.97 Å². The van der Waals surface area contributed by atoms with Gasteiger partial charge >= 0.3 is 0 Å². The molecule has 0 saturated heterocycles. The number of aromatic amines is 2. The third-order valence-corrected chi connectivity index (χ3v) is 29.5. The number of nitrogens with zero attached hydrogens (tertiary/aromatic N) is 2. The standard InChI is InChI=1S/C96H62N8O8S8/c105-89-49-109-73-45-58(78-34-38-86(118-78)82-22-10-42-114-82)74(46-57(73)77-33-37-85(117-77)81-21-9-41-113-81)110-52-92(108)104-64-20-8-4-16-56(64)96-71-31-29-69(99-71)94-54-14-2-6-18-62(54)102-90(106)50-111-75-47-60(80-36-40-88(120-80)84-24-12-44-116-84)76(48-59(75)79-35-39-87(119-79)83-23-11-43-115-83)112-51-91(107)103-63-19-7-3-15-55(63)95(70-30-32-72(96)100-70)68-28-26-66(98-68)93(65-25-27-67(94)97-65)53-13-1-5-17-61(53)101-89/h1-48,97,100H,49-52H2,(H,101,105)(H,102,106)(H,103,107)(H,104,108). The molecule has 17 aromatic rings. The van der Waals surface area contributed by atoms with Crippen LogP contribution in [0.1, 0.15) is 22.8 Å². The molecule has 0 aliphatic carbocycles. The number of thiophene rings is 8. The smallest absolute Gasteiger partial charge is 0.262 e. The van der Waals surface area contributed by atoms with Gasteiger partial charge in [0.1, 0.15) is 23.0 Å². The van der Waals surface area contributed by atoms with Gasteiger partial charge in [-0.05, 0) is 191 Å². The van der Waals surface area contributed by atoms with Crippen LogP contribution >= 0.6 is 90.7 Å². The lowest BCUT2D eigenvalue weighted by Crippen LogP contribution is -2.21. The third-order valence-electron chi connectivity index (χ3n) is 20.8. The number of rotatable bonds is 8. The highest BCUT2D eigenvalue weighted by Crippen LogP contribution is 2.52. The molecule has 16 bridgehead atoms. The molecule has 6 aromatic carbocycles. The first-order valence-electron chi connectivity index (χ1n) is 38.2. The summed E-state index contributed by atoms with van der Waals surface area (Å²) >= 11 is 12.9. The SMILES string of the molecule is O=C1COc2cc(-c3ccc(-c4cccs4)s3)c(cc2-c2ccc(-c3cccs3)s2)OCC(=O)Nc2ccccc2-c2c3nc(c4c5ccc([nH]5)c(c5nc(c(c6ccc2[nH]6)-c2ccccc2NC(=O)COc2cc(-c6ccc(-c7cccs7)s6)c(cc2-c2ccc(-c6cccs6)s2)OCC(=O)Nc2ccccc2-4)C=C5)-c2ccccc2N1)C=C3. The van der Waals surface area contributed by atoms with Crippen molar-refractivity contribution in [3.63, 3.8) is 0 Å². The number of para-hydroxylation sites is 4. The molecular weight excluding hydrogens is 1650 g/mol. The highest BCUT2D eigenvalue weighted by Gasteiger charge is 2.29. The fourth-order valence-electron chi connectivity index (χ4n) is 15.4. The molecule has 24 heteroatoms. The lowest BCUT2D eigenvalue weighted by molar-refractivity contribution is -0.118. The average Bonchev–Trinajstić information content (AvgIpc) is 1.60. The molecule has 11 aromatic heterocycles. The van der Waals surface area contributed by atoms with Crippen molar-refractivity contribution >= 4 is 183 Å². The zero-order valence-electron chi connectivity index (χ0n) is 63.0. The van der Waals surface area contributed by atoms with Crippen molar-refractivity contribution in [2.75, 3.05) is 47.7 Å². The van der Waals surface area contributed by atoms with Crippen LogP contribution in [0.25, 0.3) is 172 Å². The third kappa shape index (κ3) is 14.5. The van der Waals surface area contributed by atoms with E-state index in [9.17, 15) is 0 Å². The van der Waals surface area contributed by atoms with Gasteiger partial charge in [0, 0.05) is 170 Å². The largest absolute Gasteiger partial charge is 0.483 e. The van der Waals surface area contributed by atoms with E-state index < -0.39 is 50.1 Å². The minimum absolute atomic E-state index is 0.419. The second-order valence-corrected chi connectivity index (χ2v) is 36.4. The second kappa shape index (κ2) is 31.8. The van der Waals surface area contributed by atoms with Crippen LogP contribution in [-0.4, -0.2) is 70.0 Å². The predicted octanol–water partition coefficient (Wildman–Crippen LogP) is 25.8. The van der Waals surface area contributed by atoms with Crippen molar-refractivity contribution in [2.45, 2.75) is 0 Å². The molecule has 21 heterocycles. The summed E-state index contributed by atoms with van der Waals surface area (Å²) in [5.41, 5.74) is 13.9. The lowest BCUT2D eigenvalue weighted by atomic mass is 10.0. The van der Waals surface area contributed by atoms with Gasteiger partial charge in [-0.2, -0.15) is 0 Å². The van der Waals surface area contributed by atoms with E-state index in [0.717, 1.165) is 58.5 Å². The van der Waals surface area contributed by atoms with E-state index >= 15 is 19.2 Å². The van der Waals surface area contributed by atoms with E-state index in [1.807, 2.05) is 218 Å². The van der Waals surface area contributed by atoms with Crippen molar-refractivity contribution in [3.8, 4) is 148 Å². The number of hydrogen-bond acceptors (Lipinski definition) is 18. The molecule has 10 aliphatic heterocycles. The quantitative estimate of drug-likeness (QED) is 0.0847. The summed E-state index contributed by atoms with van der Waals surface area (Å²) in [5.74, 6) is -0.126. The molecular formula is C96H62N8O8S8. The molecule has 27 rings (SSSR count). The number of carbonyl (C=O) groups excluding carboxylic acids is 4. The van der Waals surface area contributed by atoms with Gasteiger partial charge in [-0.15, -0.1) is 90.7 Å². The number of carbonyl (C=O) groups is 4. The van der Waals surface area contributed by atoms with E-state index in [2.05, 4.69) is 101 Å². The number of amides is 4. The Morgan fingerprint density at radius 2 is 0.475 bits per heavy atom. The first-order chi connectivity index (χ1) is 59.0. The van der Waals surface area contributed by atoms with E-state index in [4.69, 9.17) is 28.9 Å². The van der Waals surface area contributed by atoms with Crippen LogP contribution in [-0.2, 0) is 19.2 Å². The van der Waals surface area contributed by atoms with Crippen molar-refractivity contribution in [1.29, 1.82) is 0 Å². The summed E-state index contributed by atoms with van der Waals surface area (Å²) in [7, 11) is 0. The summed E-state index contributed by atoms with van der Waals surface area (Å²) in [6, 6.07) is 79.0.